The van der Waals surface area contributed by atoms with Crippen LogP contribution in [-0.2, 0) is 22.8 Å². The van der Waals surface area contributed by atoms with Gasteiger partial charge < -0.3 is 9.47 Å². The lowest BCUT2D eigenvalue weighted by Gasteiger charge is -2.26. The van der Waals surface area contributed by atoms with Gasteiger partial charge in [0.05, 0.1) is 14.6 Å². The number of fused-ring (bicyclic) bond motifs is 1. The quantitative estimate of drug-likeness (QED) is 0.130. The van der Waals surface area contributed by atoms with Gasteiger partial charge in [0.25, 0.3) is 11.8 Å². The van der Waals surface area contributed by atoms with Crippen molar-refractivity contribution in [1.82, 2.24) is 5.32 Å². The highest BCUT2D eigenvalue weighted by molar-refractivity contribution is 9.11. The number of carbonyl (C=O) groups is 3. The summed E-state index contributed by atoms with van der Waals surface area (Å²) in [6.45, 7) is 0.718. The number of imide groups is 2. The second kappa shape index (κ2) is 12.9. The molecule has 4 amide bonds. The monoisotopic (exact) mass is 710 g/mol. The fourth-order valence-corrected chi connectivity index (χ4v) is 6.31. The SMILES string of the molecule is O=C1NC(=O)N(c2ccc(OCc3ccccc3)cc2)C(=O)/C1=C/c1cc(Br)c(OCc2cccc3ccccc23)c(Br)c1. The molecular weight excluding hydrogens is 688 g/mol. The normalized spacial score (nSPS) is 14.2. The highest BCUT2D eigenvalue weighted by Gasteiger charge is 2.37. The number of hydrogen-bond donors (Lipinski definition) is 1. The van der Waals surface area contributed by atoms with Crippen molar-refractivity contribution < 1.29 is 23.9 Å². The Kier molecular flexibility index (Phi) is 8.58. The summed E-state index contributed by atoms with van der Waals surface area (Å²) in [5.74, 6) is -0.361. The van der Waals surface area contributed by atoms with E-state index < -0.39 is 17.8 Å². The largest absolute Gasteiger partial charge is 0.489 e. The van der Waals surface area contributed by atoms with E-state index in [2.05, 4.69) is 55.4 Å². The summed E-state index contributed by atoms with van der Waals surface area (Å²) in [6.07, 6.45) is 1.44. The summed E-state index contributed by atoms with van der Waals surface area (Å²) in [6, 6.07) is 33.1. The van der Waals surface area contributed by atoms with Crippen molar-refractivity contribution in [2.75, 3.05) is 4.90 Å². The Morgan fingerprint density at radius 1 is 0.727 bits per heavy atom. The molecule has 0 unspecified atom stereocenters. The van der Waals surface area contributed by atoms with Gasteiger partial charge in [-0.15, -0.1) is 0 Å². The van der Waals surface area contributed by atoms with Crippen LogP contribution < -0.4 is 19.7 Å². The molecule has 0 aromatic heterocycles. The summed E-state index contributed by atoms with van der Waals surface area (Å²) >= 11 is 7.13. The van der Waals surface area contributed by atoms with Crippen LogP contribution in [0.2, 0.25) is 0 Å². The minimum atomic E-state index is -0.824. The molecule has 7 nitrogen and oxygen atoms in total. The Bertz CT molecular complexity index is 1900. The van der Waals surface area contributed by atoms with Gasteiger partial charge in [-0.2, -0.15) is 0 Å². The van der Waals surface area contributed by atoms with E-state index in [-0.39, 0.29) is 5.57 Å². The Labute approximate surface area is 270 Å². The molecule has 1 saturated heterocycles. The maximum atomic E-state index is 13.4. The van der Waals surface area contributed by atoms with Crippen LogP contribution in [-0.4, -0.2) is 17.8 Å². The van der Waals surface area contributed by atoms with Crippen LogP contribution >= 0.6 is 31.9 Å². The first-order valence-corrected chi connectivity index (χ1v) is 15.2. The van der Waals surface area contributed by atoms with E-state index in [1.165, 1.54) is 6.08 Å². The first-order chi connectivity index (χ1) is 21.4. The van der Waals surface area contributed by atoms with Crippen molar-refractivity contribution in [3.8, 4) is 11.5 Å². The summed E-state index contributed by atoms with van der Waals surface area (Å²) in [5.41, 5.74) is 2.73. The van der Waals surface area contributed by atoms with Crippen molar-refractivity contribution in [2.45, 2.75) is 13.2 Å². The molecule has 1 aliphatic heterocycles. The van der Waals surface area contributed by atoms with Crippen molar-refractivity contribution in [3.05, 3.63) is 140 Å². The smallest absolute Gasteiger partial charge is 0.335 e. The summed E-state index contributed by atoms with van der Waals surface area (Å²) < 4.78 is 13.2. The van der Waals surface area contributed by atoms with Gasteiger partial charge in [-0.25, -0.2) is 9.69 Å². The number of carbonyl (C=O) groups excluding carboxylic acids is 3. The summed E-state index contributed by atoms with van der Waals surface area (Å²) in [5, 5.41) is 4.50. The van der Waals surface area contributed by atoms with Gasteiger partial charge in [0, 0.05) is 0 Å². The Hall–Kier alpha value is -4.73. The highest BCUT2D eigenvalue weighted by atomic mass is 79.9. The zero-order chi connectivity index (χ0) is 30.6. The first kappa shape index (κ1) is 29.3. The predicted molar refractivity (Wildman–Crippen MR) is 176 cm³/mol. The number of barbiturate groups is 1. The molecule has 1 fully saturated rings. The second-order valence-electron chi connectivity index (χ2n) is 9.97. The van der Waals surface area contributed by atoms with E-state index in [9.17, 15) is 14.4 Å². The number of amides is 4. The molecule has 0 bridgehead atoms. The number of rotatable bonds is 8. The van der Waals surface area contributed by atoms with E-state index in [1.54, 1.807) is 36.4 Å². The third-order valence-corrected chi connectivity index (χ3v) is 8.21. The van der Waals surface area contributed by atoms with E-state index >= 15 is 0 Å². The Balaban J connectivity index is 1.19. The molecule has 0 saturated carbocycles. The highest BCUT2D eigenvalue weighted by Crippen LogP contribution is 2.37. The molecule has 5 aromatic carbocycles. The standard InChI is InChI=1S/C35H24Br2N2O5/c36-30-18-23(19-31(37)32(30)44-21-25-11-6-10-24-9-4-5-12-28(24)25)17-29-33(40)38-35(42)39(34(29)41)26-13-15-27(16-14-26)43-20-22-7-2-1-3-8-22/h1-19H,20-21H2,(H,38,40,42)/b29-17+. The molecule has 6 rings (SSSR count). The molecule has 218 valence electrons. The molecule has 0 spiro atoms. The average Bonchev–Trinajstić information content (AvgIpc) is 3.03. The fourth-order valence-electron chi connectivity index (χ4n) is 4.86. The van der Waals surface area contributed by atoms with Crippen molar-refractivity contribution >= 4 is 72.2 Å². The van der Waals surface area contributed by atoms with E-state index in [0.717, 1.165) is 26.8 Å². The fraction of sp³-hybridized carbons (Fsp3) is 0.0571. The van der Waals surface area contributed by atoms with Crippen LogP contribution in [0.5, 0.6) is 11.5 Å². The van der Waals surface area contributed by atoms with Gasteiger partial charge in [0.15, 0.2) is 0 Å². The topological polar surface area (TPSA) is 84.9 Å². The Morgan fingerprint density at radius 2 is 1.41 bits per heavy atom. The number of urea groups is 1. The second-order valence-corrected chi connectivity index (χ2v) is 11.7. The maximum Gasteiger partial charge on any atom is 0.335 e. The van der Waals surface area contributed by atoms with Crippen LogP contribution in [0.3, 0.4) is 0 Å². The zero-order valence-electron chi connectivity index (χ0n) is 23.1. The molecule has 5 aromatic rings. The molecule has 0 radical (unpaired) electrons. The zero-order valence-corrected chi connectivity index (χ0v) is 26.3. The minimum Gasteiger partial charge on any atom is -0.489 e. The molecule has 1 heterocycles. The molecule has 9 heteroatoms. The number of nitrogens with one attached hydrogen (secondary N) is 1. The van der Waals surface area contributed by atoms with E-state index in [4.69, 9.17) is 9.47 Å². The predicted octanol–water partition coefficient (Wildman–Crippen LogP) is 8.19. The van der Waals surface area contributed by atoms with Crippen LogP contribution in [0.15, 0.2) is 124 Å². The van der Waals surface area contributed by atoms with Crippen molar-refractivity contribution in [3.63, 3.8) is 0 Å². The third-order valence-electron chi connectivity index (χ3n) is 7.03. The first-order valence-electron chi connectivity index (χ1n) is 13.6. The Morgan fingerprint density at radius 3 is 2.16 bits per heavy atom. The molecule has 1 aliphatic rings. The number of hydrogen-bond acceptors (Lipinski definition) is 5. The molecule has 0 atom stereocenters. The van der Waals surface area contributed by atoms with Crippen LogP contribution in [0.1, 0.15) is 16.7 Å². The van der Waals surface area contributed by atoms with Gasteiger partial charge in [-0.05, 0) is 102 Å². The maximum absolute atomic E-state index is 13.4. The number of ether oxygens (including phenoxy) is 2. The van der Waals surface area contributed by atoms with Crippen LogP contribution in [0.25, 0.3) is 16.8 Å². The van der Waals surface area contributed by atoms with Gasteiger partial charge in [-0.1, -0.05) is 72.8 Å². The van der Waals surface area contributed by atoms with Gasteiger partial charge in [0.1, 0.15) is 30.3 Å². The number of halogens is 2. The lowest BCUT2D eigenvalue weighted by Crippen LogP contribution is -2.54. The number of benzene rings is 5. The average molecular weight is 712 g/mol. The third kappa shape index (κ3) is 6.29. The minimum absolute atomic E-state index is 0.183. The summed E-state index contributed by atoms with van der Waals surface area (Å²) in [7, 11) is 0. The molecule has 0 aliphatic carbocycles. The summed E-state index contributed by atoms with van der Waals surface area (Å²) in [4.78, 5) is 39.9. The lowest BCUT2D eigenvalue weighted by atomic mass is 10.1. The van der Waals surface area contributed by atoms with Crippen molar-refractivity contribution in [1.29, 1.82) is 0 Å². The van der Waals surface area contributed by atoms with Crippen molar-refractivity contribution in [2.24, 2.45) is 0 Å². The van der Waals surface area contributed by atoms with Gasteiger partial charge in [-0.3, -0.25) is 14.9 Å². The molecule has 1 N–H and O–H groups in total. The van der Waals surface area contributed by atoms with Gasteiger partial charge in [0.2, 0.25) is 0 Å². The lowest BCUT2D eigenvalue weighted by molar-refractivity contribution is -0.122. The van der Waals surface area contributed by atoms with Gasteiger partial charge >= 0.3 is 6.03 Å². The van der Waals surface area contributed by atoms with Crippen LogP contribution in [0, 0.1) is 0 Å². The van der Waals surface area contributed by atoms with E-state index in [1.807, 2.05) is 54.6 Å². The molecule has 44 heavy (non-hydrogen) atoms. The number of anilines is 1. The number of nitrogens with zero attached hydrogens (tertiary/aromatic N) is 1. The van der Waals surface area contributed by atoms with Crippen LogP contribution in [0.4, 0.5) is 10.5 Å². The van der Waals surface area contributed by atoms with E-state index in [0.29, 0.717) is 44.9 Å². The molecular formula is C35H24Br2N2O5.